The molecule has 0 amide bonds. The van der Waals surface area contributed by atoms with Gasteiger partial charge in [-0.3, -0.25) is 0 Å². The lowest BCUT2D eigenvalue weighted by Gasteiger charge is -2.15. The summed E-state index contributed by atoms with van der Waals surface area (Å²) in [6.45, 7) is 4.59. The molecular formula is C17H18INO2S. The highest BCUT2D eigenvalue weighted by atomic mass is 127. The van der Waals surface area contributed by atoms with E-state index in [-0.39, 0.29) is 0 Å². The van der Waals surface area contributed by atoms with Gasteiger partial charge < -0.3 is 14.8 Å². The minimum absolute atomic E-state index is 0.344. The molecule has 0 atom stereocenters. The van der Waals surface area contributed by atoms with Crippen LogP contribution in [0.1, 0.15) is 16.7 Å². The van der Waals surface area contributed by atoms with E-state index in [0.717, 1.165) is 26.1 Å². The zero-order valence-corrected chi connectivity index (χ0v) is 15.7. The number of para-hydroxylation sites is 1. The summed E-state index contributed by atoms with van der Waals surface area (Å²) in [5.41, 5.74) is 4.32. The van der Waals surface area contributed by atoms with Crippen LogP contribution in [0.5, 0.6) is 5.75 Å². The molecule has 3 nitrogen and oxygen atoms in total. The summed E-state index contributed by atoms with van der Waals surface area (Å²) in [5.74, 6) is 0.893. The van der Waals surface area contributed by atoms with Crippen molar-refractivity contribution in [3.05, 3.63) is 56.7 Å². The van der Waals surface area contributed by atoms with Crippen molar-refractivity contribution in [3.63, 3.8) is 0 Å². The molecule has 0 aromatic heterocycles. The van der Waals surface area contributed by atoms with E-state index in [1.54, 1.807) is 7.11 Å². The van der Waals surface area contributed by atoms with Crippen LogP contribution in [-0.4, -0.2) is 12.3 Å². The van der Waals surface area contributed by atoms with E-state index >= 15 is 0 Å². The summed E-state index contributed by atoms with van der Waals surface area (Å²) in [5, 5.41) is 3.45. The first-order valence-corrected chi connectivity index (χ1v) is 8.32. The van der Waals surface area contributed by atoms with Gasteiger partial charge in [0.2, 0.25) is 0 Å². The summed E-state index contributed by atoms with van der Waals surface area (Å²) in [4.78, 5) is 0. The maximum Gasteiger partial charge on any atom is 0.260 e. The van der Waals surface area contributed by atoms with E-state index in [2.05, 4.69) is 53.9 Å². The number of hydrogen-bond donors (Lipinski definition) is 1. The number of thiocarbonyl (C=S) groups is 1. The standard InChI is InChI=1S/C17H18INO2S/c1-11-7-8-15(12(2)9-11)21-10-13-5-4-6-14(18)16(13)19-17(22)20-3/h4-9H,10H2,1-3H3,(H,19,22). The third-order valence-electron chi connectivity index (χ3n) is 3.23. The molecule has 0 bridgehead atoms. The lowest BCUT2D eigenvalue weighted by molar-refractivity contribution is 0.304. The van der Waals surface area contributed by atoms with Crippen molar-refractivity contribution in [2.45, 2.75) is 20.5 Å². The molecular weight excluding hydrogens is 409 g/mol. The number of ether oxygens (including phenoxy) is 2. The van der Waals surface area contributed by atoms with Crippen LogP contribution in [0.15, 0.2) is 36.4 Å². The second kappa shape index (κ2) is 7.78. The smallest absolute Gasteiger partial charge is 0.260 e. The molecule has 0 spiro atoms. The van der Waals surface area contributed by atoms with Crippen molar-refractivity contribution >= 4 is 45.7 Å². The Hall–Kier alpha value is -1.34. The summed E-state index contributed by atoms with van der Waals surface area (Å²) in [6.07, 6.45) is 0. The molecule has 5 heteroatoms. The fraction of sp³-hybridized carbons (Fsp3) is 0.235. The molecule has 0 radical (unpaired) electrons. The molecule has 0 aliphatic rings. The third-order valence-corrected chi connectivity index (χ3v) is 4.39. The molecule has 2 aromatic rings. The minimum atomic E-state index is 0.344. The van der Waals surface area contributed by atoms with Crippen LogP contribution in [0.2, 0.25) is 0 Å². The Labute approximate surface area is 150 Å². The van der Waals surface area contributed by atoms with Crippen LogP contribution in [-0.2, 0) is 11.3 Å². The monoisotopic (exact) mass is 427 g/mol. The highest BCUT2D eigenvalue weighted by Crippen LogP contribution is 2.26. The van der Waals surface area contributed by atoms with Gasteiger partial charge in [0, 0.05) is 9.13 Å². The van der Waals surface area contributed by atoms with E-state index in [4.69, 9.17) is 21.7 Å². The molecule has 0 saturated carbocycles. The van der Waals surface area contributed by atoms with Crippen LogP contribution in [0, 0.1) is 17.4 Å². The summed E-state index contributed by atoms with van der Waals surface area (Å²) >= 11 is 7.36. The molecule has 0 fully saturated rings. The zero-order valence-electron chi connectivity index (χ0n) is 12.8. The predicted octanol–water partition coefficient (Wildman–Crippen LogP) is 4.83. The van der Waals surface area contributed by atoms with Gasteiger partial charge in [0.1, 0.15) is 12.4 Å². The van der Waals surface area contributed by atoms with Gasteiger partial charge in [-0.05, 0) is 66.4 Å². The Bertz CT molecular complexity index is 688. The van der Waals surface area contributed by atoms with Gasteiger partial charge in [0.25, 0.3) is 5.17 Å². The Morgan fingerprint density at radius 2 is 2.00 bits per heavy atom. The number of halogens is 1. The largest absolute Gasteiger partial charge is 0.489 e. The van der Waals surface area contributed by atoms with Crippen molar-refractivity contribution in [2.75, 3.05) is 12.4 Å². The third kappa shape index (κ3) is 4.33. The van der Waals surface area contributed by atoms with Gasteiger partial charge in [-0.25, -0.2) is 0 Å². The van der Waals surface area contributed by atoms with Crippen LogP contribution >= 0.6 is 34.8 Å². The number of nitrogens with one attached hydrogen (secondary N) is 1. The normalized spacial score (nSPS) is 10.2. The number of aryl methyl sites for hydroxylation is 2. The molecule has 0 aliphatic carbocycles. The average molecular weight is 427 g/mol. The first-order valence-electron chi connectivity index (χ1n) is 6.83. The second-order valence-electron chi connectivity index (χ2n) is 4.95. The van der Waals surface area contributed by atoms with E-state index in [0.29, 0.717) is 11.8 Å². The molecule has 0 saturated heterocycles. The van der Waals surface area contributed by atoms with Crippen LogP contribution in [0.4, 0.5) is 5.69 Å². The Morgan fingerprint density at radius 3 is 2.68 bits per heavy atom. The zero-order chi connectivity index (χ0) is 16.1. The Kier molecular flexibility index (Phi) is 6.02. The Balaban J connectivity index is 2.18. The lowest BCUT2D eigenvalue weighted by Crippen LogP contribution is -2.14. The van der Waals surface area contributed by atoms with Crippen molar-refractivity contribution in [1.29, 1.82) is 0 Å². The SMILES string of the molecule is COC(=S)Nc1c(I)cccc1COc1ccc(C)cc1C. The van der Waals surface area contributed by atoms with E-state index in [9.17, 15) is 0 Å². The van der Waals surface area contributed by atoms with Gasteiger partial charge >= 0.3 is 0 Å². The number of methoxy groups -OCH3 is 1. The minimum Gasteiger partial charge on any atom is -0.489 e. The first kappa shape index (κ1) is 17.0. The first-order chi connectivity index (χ1) is 10.5. The number of benzene rings is 2. The van der Waals surface area contributed by atoms with Crippen LogP contribution in [0.25, 0.3) is 0 Å². The van der Waals surface area contributed by atoms with Crippen LogP contribution < -0.4 is 10.1 Å². The molecule has 22 heavy (non-hydrogen) atoms. The molecule has 0 aliphatic heterocycles. The predicted molar refractivity (Wildman–Crippen MR) is 103 cm³/mol. The Morgan fingerprint density at radius 1 is 1.23 bits per heavy atom. The average Bonchev–Trinajstić information content (AvgIpc) is 2.49. The quantitative estimate of drug-likeness (QED) is 0.560. The van der Waals surface area contributed by atoms with Crippen molar-refractivity contribution < 1.29 is 9.47 Å². The van der Waals surface area contributed by atoms with E-state index < -0.39 is 0 Å². The summed E-state index contributed by atoms with van der Waals surface area (Å²) in [7, 11) is 1.55. The molecule has 0 unspecified atom stereocenters. The highest BCUT2D eigenvalue weighted by Gasteiger charge is 2.10. The summed E-state index contributed by atoms with van der Waals surface area (Å²) in [6, 6.07) is 12.2. The van der Waals surface area contributed by atoms with Gasteiger partial charge in [-0.2, -0.15) is 0 Å². The van der Waals surface area contributed by atoms with Gasteiger partial charge in [0.15, 0.2) is 0 Å². The molecule has 2 rings (SSSR count). The number of anilines is 1. The van der Waals surface area contributed by atoms with E-state index in [1.807, 2.05) is 24.3 Å². The summed E-state index contributed by atoms with van der Waals surface area (Å²) < 4.78 is 12.1. The molecule has 0 heterocycles. The van der Waals surface area contributed by atoms with Crippen molar-refractivity contribution in [2.24, 2.45) is 0 Å². The number of hydrogen-bond acceptors (Lipinski definition) is 3. The van der Waals surface area contributed by atoms with Gasteiger partial charge in [0.05, 0.1) is 12.8 Å². The van der Waals surface area contributed by atoms with E-state index in [1.165, 1.54) is 5.56 Å². The van der Waals surface area contributed by atoms with Crippen LogP contribution in [0.3, 0.4) is 0 Å². The fourth-order valence-electron chi connectivity index (χ4n) is 2.10. The highest BCUT2D eigenvalue weighted by molar-refractivity contribution is 14.1. The maximum atomic E-state index is 5.96. The van der Waals surface area contributed by atoms with Crippen molar-refractivity contribution in [1.82, 2.24) is 0 Å². The fourth-order valence-corrected chi connectivity index (χ4v) is 2.89. The second-order valence-corrected chi connectivity index (χ2v) is 6.48. The topological polar surface area (TPSA) is 30.5 Å². The molecule has 1 N–H and O–H groups in total. The molecule has 116 valence electrons. The lowest BCUT2D eigenvalue weighted by atomic mass is 10.1. The molecule has 2 aromatic carbocycles. The maximum absolute atomic E-state index is 5.96. The van der Waals surface area contributed by atoms with Crippen molar-refractivity contribution in [3.8, 4) is 5.75 Å². The van der Waals surface area contributed by atoms with Gasteiger partial charge in [-0.1, -0.05) is 29.8 Å². The number of rotatable bonds is 4. The van der Waals surface area contributed by atoms with Gasteiger partial charge in [-0.15, -0.1) is 0 Å².